The van der Waals surface area contributed by atoms with E-state index in [4.69, 9.17) is 0 Å². The number of amides is 1. The van der Waals surface area contributed by atoms with E-state index in [1.807, 2.05) is 35.2 Å². The van der Waals surface area contributed by atoms with Crippen molar-refractivity contribution in [2.45, 2.75) is 39.3 Å². The normalized spacial score (nSPS) is 18.5. The van der Waals surface area contributed by atoms with Crippen molar-refractivity contribution in [3.05, 3.63) is 95.1 Å². The van der Waals surface area contributed by atoms with Crippen LogP contribution in [0.3, 0.4) is 0 Å². The van der Waals surface area contributed by atoms with E-state index in [0.29, 0.717) is 0 Å². The van der Waals surface area contributed by atoms with Crippen LogP contribution in [0.25, 0.3) is 0 Å². The average Bonchev–Trinajstić information content (AvgIpc) is 2.70. The molecule has 0 bridgehead atoms. The minimum atomic E-state index is 0.0620. The predicted octanol–water partition coefficient (Wildman–Crippen LogP) is 5.90. The molecule has 3 nitrogen and oxygen atoms in total. The summed E-state index contributed by atoms with van der Waals surface area (Å²) in [4.78, 5) is 15.2. The van der Waals surface area contributed by atoms with Crippen LogP contribution in [0.4, 0.5) is 11.4 Å². The van der Waals surface area contributed by atoms with Gasteiger partial charge in [-0.1, -0.05) is 53.6 Å². The van der Waals surface area contributed by atoms with Gasteiger partial charge < -0.3 is 10.2 Å². The fraction of sp³-hybridized carbons (Fsp3) is 0.240. The Morgan fingerprint density at radius 2 is 1.61 bits per heavy atom. The molecule has 3 aromatic rings. The van der Waals surface area contributed by atoms with Gasteiger partial charge >= 0.3 is 0 Å². The molecule has 4 rings (SSSR count). The zero-order valence-electron chi connectivity index (χ0n) is 16.6. The third kappa shape index (κ3) is 3.53. The number of hydrogen-bond acceptors (Lipinski definition) is 2. The Kier molecular flexibility index (Phi) is 4.91. The summed E-state index contributed by atoms with van der Waals surface area (Å²) in [5.41, 5.74) is 6.48. The van der Waals surface area contributed by atoms with Crippen LogP contribution in [0.1, 0.15) is 46.4 Å². The Morgan fingerprint density at radius 1 is 0.929 bits per heavy atom. The van der Waals surface area contributed by atoms with Crippen molar-refractivity contribution >= 4 is 17.3 Å². The van der Waals surface area contributed by atoms with Gasteiger partial charge in [-0.25, -0.2) is 0 Å². The number of rotatable bonds is 3. The summed E-state index contributed by atoms with van der Waals surface area (Å²) in [6.07, 6.45) is 0.864. The molecule has 2 atom stereocenters. The molecule has 1 aliphatic heterocycles. The third-order valence-corrected chi connectivity index (χ3v) is 5.47. The Bertz CT molecular complexity index is 979. The van der Waals surface area contributed by atoms with Crippen LogP contribution in [0.5, 0.6) is 0 Å². The number of nitrogens with zero attached hydrogens (tertiary/aromatic N) is 1. The van der Waals surface area contributed by atoms with Gasteiger partial charge in [-0.3, -0.25) is 4.79 Å². The molecule has 0 radical (unpaired) electrons. The monoisotopic (exact) mass is 370 g/mol. The molecule has 28 heavy (non-hydrogen) atoms. The van der Waals surface area contributed by atoms with Crippen molar-refractivity contribution in [2.75, 3.05) is 10.2 Å². The Labute approximate surface area is 167 Å². The fourth-order valence-corrected chi connectivity index (χ4v) is 4.00. The summed E-state index contributed by atoms with van der Waals surface area (Å²) in [6.45, 7) is 6.33. The molecule has 1 heterocycles. The van der Waals surface area contributed by atoms with Crippen molar-refractivity contribution in [2.24, 2.45) is 0 Å². The van der Waals surface area contributed by atoms with Crippen molar-refractivity contribution in [3.63, 3.8) is 0 Å². The summed E-state index contributed by atoms with van der Waals surface area (Å²) in [6, 6.07) is 24.7. The van der Waals surface area contributed by atoms with Crippen LogP contribution in [0, 0.1) is 13.8 Å². The maximum absolute atomic E-state index is 13.3. The maximum Gasteiger partial charge on any atom is 0.258 e. The zero-order valence-corrected chi connectivity index (χ0v) is 16.6. The molecule has 1 N–H and O–H groups in total. The standard InChI is InChI=1S/C25H26N2O/c1-17-9-12-21(13-10-17)26-23-16-19(3)27(24-14-11-18(2)15-22(23)24)25(28)20-7-5-4-6-8-20/h4-15,19,23,26H,16H2,1-3H3/t19-,23-/m1/s1. The van der Waals surface area contributed by atoms with Crippen LogP contribution in [-0.2, 0) is 0 Å². The largest absolute Gasteiger partial charge is 0.378 e. The molecule has 0 saturated heterocycles. The van der Waals surface area contributed by atoms with Gasteiger partial charge in [0.25, 0.3) is 5.91 Å². The lowest BCUT2D eigenvalue weighted by Crippen LogP contribution is -2.44. The molecule has 142 valence electrons. The number of fused-ring (bicyclic) bond motifs is 1. The Hall–Kier alpha value is -3.07. The highest BCUT2D eigenvalue weighted by molar-refractivity contribution is 6.07. The highest BCUT2D eigenvalue weighted by Crippen LogP contribution is 2.40. The smallest absolute Gasteiger partial charge is 0.258 e. The second kappa shape index (κ2) is 7.51. The number of anilines is 2. The number of hydrogen-bond donors (Lipinski definition) is 1. The lowest BCUT2D eigenvalue weighted by atomic mass is 9.89. The molecule has 1 amide bonds. The van der Waals surface area contributed by atoms with Gasteiger partial charge in [-0.2, -0.15) is 0 Å². The van der Waals surface area contributed by atoms with E-state index in [-0.39, 0.29) is 18.0 Å². The first kappa shape index (κ1) is 18.3. The van der Waals surface area contributed by atoms with Gasteiger partial charge in [0.05, 0.1) is 6.04 Å². The minimum absolute atomic E-state index is 0.0620. The quantitative estimate of drug-likeness (QED) is 0.623. The van der Waals surface area contributed by atoms with Crippen LogP contribution in [0.15, 0.2) is 72.8 Å². The predicted molar refractivity (Wildman–Crippen MR) is 116 cm³/mol. The van der Waals surface area contributed by atoms with E-state index < -0.39 is 0 Å². The SMILES string of the molecule is Cc1ccc(N[C@@H]2C[C@@H](C)N(C(=O)c3ccccc3)c3ccc(C)cc32)cc1. The van der Waals surface area contributed by atoms with Crippen molar-refractivity contribution < 1.29 is 4.79 Å². The highest BCUT2D eigenvalue weighted by atomic mass is 16.2. The number of benzene rings is 3. The third-order valence-electron chi connectivity index (χ3n) is 5.47. The van der Waals surface area contributed by atoms with Gasteiger partial charge in [0, 0.05) is 23.0 Å². The molecule has 0 saturated carbocycles. The van der Waals surface area contributed by atoms with Crippen LogP contribution < -0.4 is 10.2 Å². The molecular formula is C25H26N2O. The zero-order chi connectivity index (χ0) is 19.7. The molecule has 1 aliphatic rings. The fourth-order valence-electron chi connectivity index (χ4n) is 4.00. The van der Waals surface area contributed by atoms with E-state index in [9.17, 15) is 4.79 Å². The van der Waals surface area contributed by atoms with Crippen LogP contribution in [-0.4, -0.2) is 11.9 Å². The van der Waals surface area contributed by atoms with Crippen LogP contribution >= 0.6 is 0 Å². The first-order valence-corrected chi connectivity index (χ1v) is 9.85. The summed E-state index contributed by atoms with van der Waals surface area (Å²) < 4.78 is 0. The second-order valence-corrected chi connectivity index (χ2v) is 7.75. The summed E-state index contributed by atoms with van der Waals surface area (Å²) in [5, 5.41) is 3.68. The number of carbonyl (C=O) groups excluding carboxylic acids is 1. The van der Waals surface area contributed by atoms with E-state index >= 15 is 0 Å². The van der Waals surface area contributed by atoms with E-state index in [0.717, 1.165) is 23.4 Å². The van der Waals surface area contributed by atoms with Gasteiger partial charge in [0.15, 0.2) is 0 Å². The van der Waals surface area contributed by atoms with Gasteiger partial charge in [0.1, 0.15) is 0 Å². The first-order chi connectivity index (χ1) is 13.5. The lowest BCUT2D eigenvalue weighted by Gasteiger charge is -2.40. The van der Waals surface area contributed by atoms with Gasteiger partial charge in [-0.15, -0.1) is 0 Å². The lowest BCUT2D eigenvalue weighted by molar-refractivity contribution is 0.0974. The Balaban J connectivity index is 1.71. The summed E-state index contributed by atoms with van der Waals surface area (Å²) in [5.74, 6) is 0.0620. The topological polar surface area (TPSA) is 32.3 Å². The van der Waals surface area contributed by atoms with E-state index in [2.05, 4.69) is 68.6 Å². The second-order valence-electron chi connectivity index (χ2n) is 7.75. The average molecular weight is 370 g/mol. The molecule has 3 heteroatoms. The van der Waals surface area contributed by atoms with Crippen molar-refractivity contribution in [1.82, 2.24) is 0 Å². The molecule has 0 unspecified atom stereocenters. The molecule has 0 fully saturated rings. The van der Waals surface area contributed by atoms with Gasteiger partial charge in [0.2, 0.25) is 0 Å². The van der Waals surface area contributed by atoms with Crippen molar-refractivity contribution in [3.8, 4) is 0 Å². The van der Waals surface area contributed by atoms with E-state index in [1.54, 1.807) is 0 Å². The Morgan fingerprint density at radius 3 is 2.32 bits per heavy atom. The minimum Gasteiger partial charge on any atom is -0.378 e. The first-order valence-electron chi connectivity index (χ1n) is 9.85. The number of carbonyl (C=O) groups is 1. The summed E-state index contributed by atoms with van der Waals surface area (Å²) in [7, 11) is 0. The van der Waals surface area contributed by atoms with E-state index in [1.165, 1.54) is 16.7 Å². The molecule has 0 aromatic heterocycles. The summed E-state index contributed by atoms with van der Waals surface area (Å²) >= 11 is 0. The number of aryl methyl sites for hydroxylation is 2. The van der Waals surface area contributed by atoms with Crippen LogP contribution in [0.2, 0.25) is 0 Å². The molecule has 3 aromatic carbocycles. The highest BCUT2D eigenvalue weighted by Gasteiger charge is 2.34. The molecular weight excluding hydrogens is 344 g/mol. The van der Waals surface area contributed by atoms with Crippen molar-refractivity contribution in [1.29, 1.82) is 0 Å². The maximum atomic E-state index is 13.3. The van der Waals surface area contributed by atoms with Gasteiger partial charge in [-0.05, 0) is 63.1 Å². The molecule has 0 aliphatic carbocycles. The molecule has 0 spiro atoms. The number of nitrogens with one attached hydrogen (secondary N) is 1.